The van der Waals surface area contributed by atoms with Gasteiger partial charge >= 0.3 is 0 Å². The summed E-state index contributed by atoms with van der Waals surface area (Å²) in [6, 6.07) is 33.9. The molecule has 0 saturated carbocycles. The summed E-state index contributed by atoms with van der Waals surface area (Å²) < 4.78 is 27.7. The van der Waals surface area contributed by atoms with Crippen LogP contribution in [0.3, 0.4) is 0 Å². The largest absolute Gasteiger partial charge is 0.339 e. The molecule has 12 heteroatoms. The molecule has 6 aromatic rings. The van der Waals surface area contributed by atoms with E-state index >= 15 is 0 Å². The first kappa shape index (κ1) is 37.3. The van der Waals surface area contributed by atoms with Gasteiger partial charge in [0.1, 0.15) is 0 Å². The van der Waals surface area contributed by atoms with Crippen molar-refractivity contribution in [3.8, 4) is 22.5 Å². The van der Waals surface area contributed by atoms with E-state index in [0.29, 0.717) is 31.5 Å². The van der Waals surface area contributed by atoms with Gasteiger partial charge in [0.2, 0.25) is 11.9 Å². The van der Waals surface area contributed by atoms with E-state index in [0.717, 1.165) is 72.7 Å². The van der Waals surface area contributed by atoms with E-state index in [1.807, 2.05) is 41.4 Å². The molecule has 8 rings (SSSR count). The lowest BCUT2D eigenvalue weighted by Gasteiger charge is -2.26. The molecule has 4 aromatic carbocycles. The van der Waals surface area contributed by atoms with Gasteiger partial charge in [0.15, 0.2) is 0 Å². The van der Waals surface area contributed by atoms with Gasteiger partial charge in [-0.05, 0) is 79.8 Å². The first-order chi connectivity index (χ1) is 26.1. The van der Waals surface area contributed by atoms with Crippen LogP contribution in [0.25, 0.3) is 44.1 Å². The van der Waals surface area contributed by atoms with Gasteiger partial charge in [-0.3, -0.25) is 4.18 Å². The van der Waals surface area contributed by atoms with E-state index in [4.69, 9.17) is 9.17 Å². The number of nitrogens with zero attached hydrogens (tertiary/aromatic N) is 8. The van der Waals surface area contributed by atoms with E-state index in [1.54, 1.807) is 6.20 Å². The highest BCUT2D eigenvalue weighted by molar-refractivity contribution is 7.86. The monoisotopic (exact) mass is 744 g/mol. The molecule has 2 atom stereocenters. The lowest BCUT2D eigenvalue weighted by molar-refractivity contribution is 0.229. The quantitative estimate of drug-likeness (QED) is 0.149. The fourth-order valence-corrected chi connectivity index (χ4v) is 7.73. The summed E-state index contributed by atoms with van der Waals surface area (Å²) in [4.78, 5) is 27.5. The molecule has 2 aliphatic rings. The Bertz CT molecular complexity index is 2320. The topological polar surface area (TPSA) is 108 Å². The number of aromatic nitrogens is 4. The van der Waals surface area contributed by atoms with Gasteiger partial charge in [0.25, 0.3) is 10.1 Å². The normalized spacial score (nSPS) is 17.4. The number of hydrogen-bond donors (Lipinski definition) is 0. The van der Waals surface area contributed by atoms with Gasteiger partial charge in [-0.2, -0.15) is 8.42 Å². The molecular weight excluding hydrogens is 697 g/mol. The maximum absolute atomic E-state index is 11.3. The summed E-state index contributed by atoms with van der Waals surface area (Å²) in [5.41, 5.74) is 3.99. The van der Waals surface area contributed by atoms with Crippen LogP contribution in [-0.2, 0) is 14.3 Å². The smallest absolute Gasteiger partial charge is 0.264 e. The summed E-state index contributed by atoms with van der Waals surface area (Å²) in [6.45, 7) is 5.31. The second-order valence-corrected chi connectivity index (χ2v) is 16.0. The number of hydrogen-bond acceptors (Lipinski definition) is 11. The third-order valence-corrected chi connectivity index (χ3v) is 10.7. The van der Waals surface area contributed by atoms with Crippen molar-refractivity contribution in [2.24, 2.45) is 0 Å². The molecule has 0 amide bonds. The van der Waals surface area contributed by atoms with Crippen LogP contribution in [0, 0.1) is 0 Å². The summed E-state index contributed by atoms with van der Waals surface area (Å²) >= 11 is 0. The first-order valence-corrected chi connectivity index (χ1v) is 20.3. The molecule has 54 heavy (non-hydrogen) atoms. The van der Waals surface area contributed by atoms with Crippen LogP contribution in [0.5, 0.6) is 0 Å². The molecule has 0 radical (unpaired) electrons. The Kier molecular flexibility index (Phi) is 11.4. The molecular formula is C42H48N8O3S. The predicted molar refractivity (Wildman–Crippen MR) is 218 cm³/mol. The highest BCUT2D eigenvalue weighted by Gasteiger charge is 2.29. The maximum atomic E-state index is 11.3. The minimum atomic E-state index is -3.45. The Morgan fingerprint density at radius 3 is 1.72 bits per heavy atom. The minimum Gasteiger partial charge on any atom is -0.339 e. The van der Waals surface area contributed by atoms with E-state index in [1.165, 1.54) is 16.2 Å². The van der Waals surface area contributed by atoms with Crippen LogP contribution in [0.15, 0.2) is 109 Å². The summed E-state index contributed by atoms with van der Waals surface area (Å²) in [7, 11) is 3.03. The zero-order valence-corrected chi connectivity index (χ0v) is 32.2. The first-order valence-electron chi connectivity index (χ1n) is 18.5. The SMILES string of the molecule is CN(C)CCN(C)[C@@H]1CCN(c2nccc(-c3ccc4ccccc4c3)n2)C1.CS(=O)(=O)O[C@H]1CCN(c2nccc(-c3ccc4ccccc4c3)n2)C1. The molecule has 2 aromatic heterocycles. The number of likely N-dealkylation sites (N-methyl/N-ethyl adjacent to an activating group) is 2. The van der Waals surface area contributed by atoms with Crippen molar-refractivity contribution in [3.63, 3.8) is 0 Å². The van der Waals surface area contributed by atoms with Gasteiger partial charge in [-0.25, -0.2) is 19.9 Å². The Morgan fingerprint density at radius 1 is 0.667 bits per heavy atom. The number of fused-ring (bicyclic) bond motifs is 2. The molecule has 0 spiro atoms. The molecule has 0 unspecified atom stereocenters. The van der Waals surface area contributed by atoms with Crippen molar-refractivity contribution in [1.29, 1.82) is 0 Å². The summed E-state index contributed by atoms with van der Waals surface area (Å²) in [5.74, 6) is 1.43. The zero-order chi connectivity index (χ0) is 37.7. The lowest BCUT2D eigenvalue weighted by Crippen LogP contribution is -2.38. The zero-order valence-electron chi connectivity index (χ0n) is 31.4. The molecule has 2 saturated heterocycles. The van der Waals surface area contributed by atoms with Crippen molar-refractivity contribution in [2.75, 3.05) is 76.5 Å². The fraction of sp³-hybridized carbons (Fsp3) is 0.333. The predicted octanol–water partition coefficient (Wildman–Crippen LogP) is 6.22. The van der Waals surface area contributed by atoms with E-state index < -0.39 is 10.1 Å². The van der Waals surface area contributed by atoms with Gasteiger partial charge in [-0.15, -0.1) is 0 Å². The molecule has 2 aliphatic heterocycles. The molecule has 0 bridgehead atoms. The molecule has 0 N–H and O–H groups in total. The van der Waals surface area contributed by atoms with Gasteiger partial charge in [-0.1, -0.05) is 72.8 Å². The standard InChI is InChI=1S/C23H29N5.C19H19N3O3S/c1-26(2)14-15-27(3)21-11-13-28(17-21)23-24-12-10-22(25-23)20-9-8-18-6-4-5-7-19(18)16-20;1-26(23,24)25-17-9-11-22(13-17)19-20-10-8-18(21-19)16-7-6-14-4-2-3-5-15(14)12-16/h4-10,12,16,21H,11,13-15,17H2,1-3H3;2-8,10,12,17H,9,11,13H2,1H3/t21-;17-/m10/s1. The minimum absolute atomic E-state index is 0.349. The van der Waals surface area contributed by atoms with Crippen molar-refractivity contribution in [3.05, 3.63) is 109 Å². The van der Waals surface area contributed by atoms with Crippen LogP contribution in [0.2, 0.25) is 0 Å². The maximum Gasteiger partial charge on any atom is 0.264 e. The Morgan fingerprint density at radius 2 is 1.19 bits per heavy atom. The van der Waals surface area contributed by atoms with Gasteiger partial charge in [0, 0.05) is 68.8 Å². The number of rotatable bonds is 10. The Hall–Kier alpha value is -5.01. The lowest BCUT2D eigenvalue weighted by atomic mass is 10.1. The van der Waals surface area contributed by atoms with Crippen LogP contribution in [-0.4, -0.2) is 117 Å². The highest BCUT2D eigenvalue weighted by atomic mass is 32.2. The average molecular weight is 745 g/mol. The molecule has 4 heterocycles. The van der Waals surface area contributed by atoms with Crippen LogP contribution < -0.4 is 9.80 Å². The highest BCUT2D eigenvalue weighted by Crippen LogP contribution is 2.27. The number of benzene rings is 4. The Labute approximate surface area is 318 Å². The van der Waals surface area contributed by atoms with Crippen LogP contribution in [0.1, 0.15) is 12.8 Å². The van der Waals surface area contributed by atoms with E-state index in [-0.39, 0.29) is 6.10 Å². The van der Waals surface area contributed by atoms with Crippen LogP contribution in [0.4, 0.5) is 11.9 Å². The van der Waals surface area contributed by atoms with Crippen molar-refractivity contribution in [2.45, 2.75) is 25.0 Å². The fourth-order valence-electron chi connectivity index (χ4n) is 7.08. The van der Waals surface area contributed by atoms with E-state index in [9.17, 15) is 8.42 Å². The molecule has 280 valence electrons. The Balaban J connectivity index is 0.000000167. The van der Waals surface area contributed by atoms with Gasteiger partial charge in [0.05, 0.1) is 23.7 Å². The average Bonchev–Trinajstić information content (AvgIpc) is 3.87. The number of anilines is 2. The third-order valence-electron chi connectivity index (χ3n) is 10.1. The third kappa shape index (κ3) is 9.37. The molecule has 0 aliphatic carbocycles. The summed E-state index contributed by atoms with van der Waals surface area (Å²) in [6.07, 6.45) is 6.14. The molecule has 2 fully saturated rings. The van der Waals surface area contributed by atoms with Crippen LogP contribution >= 0.6 is 0 Å². The van der Waals surface area contributed by atoms with Gasteiger partial charge < -0.3 is 19.6 Å². The van der Waals surface area contributed by atoms with Crippen molar-refractivity contribution >= 4 is 43.6 Å². The second-order valence-electron chi connectivity index (χ2n) is 14.4. The summed E-state index contributed by atoms with van der Waals surface area (Å²) in [5, 5.41) is 4.84. The van der Waals surface area contributed by atoms with E-state index in [2.05, 4.69) is 118 Å². The van der Waals surface area contributed by atoms with Crippen molar-refractivity contribution in [1.82, 2.24) is 29.7 Å². The molecule has 11 nitrogen and oxygen atoms in total. The second kappa shape index (κ2) is 16.6. The van der Waals surface area contributed by atoms with Crippen molar-refractivity contribution < 1.29 is 12.6 Å².